The van der Waals surface area contributed by atoms with Gasteiger partial charge in [-0.15, -0.1) is 0 Å². The van der Waals surface area contributed by atoms with Crippen LogP contribution in [-0.2, 0) is 9.53 Å². The lowest BCUT2D eigenvalue weighted by Gasteiger charge is -2.16. The van der Waals surface area contributed by atoms with Crippen molar-refractivity contribution in [1.82, 2.24) is 5.23 Å². The van der Waals surface area contributed by atoms with Gasteiger partial charge in [-0.25, -0.2) is 0 Å². The third-order valence-electron chi connectivity index (χ3n) is 4.61. The van der Waals surface area contributed by atoms with Gasteiger partial charge in [0.2, 0.25) is 0 Å². The van der Waals surface area contributed by atoms with Gasteiger partial charge in [0.05, 0.1) is 0 Å². The van der Waals surface area contributed by atoms with Crippen molar-refractivity contribution < 1.29 is 19.9 Å². The molecule has 0 fully saturated rings. The SMILES string of the molecule is CCCCCCCCCCCCCCCCCC(=O)OC(C)N(O)O. The number of nitrogens with zero attached hydrogens (tertiary/aromatic N) is 1. The van der Waals surface area contributed by atoms with Gasteiger partial charge in [0.25, 0.3) is 0 Å². The van der Waals surface area contributed by atoms with Crippen molar-refractivity contribution in [1.29, 1.82) is 0 Å². The van der Waals surface area contributed by atoms with Crippen LogP contribution in [0.5, 0.6) is 0 Å². The quantitative estimate of drug-likeness (QED) is 0.132. The molecule has 0 aromatic rings. The number of hydroxylamine groups is 2. The first-order valence-electron chi connectivity index (χ1n) is 10.4. The molecule has 0 aromatic heterocycles. The minimum atomic E-state index is -1.01. The van der Waals surface area contributed by atoms with Crippen molar-refractivity contribution in [3.8, 4) is 0 Å². The van der Waals surface area contributed by atoms with Gasteiger partial charge < -0.3 is 4.74 Å². The van der Waals surface area contributed by atoms with Crippen molar-refractivity contribution in [2.45, 2.75) is 123 Å². The highest BCUT2D eigenvalue weighted by Crippen LogP contribution is 2.14. The Labute approximate surface area is 154 Å². The van der Waals surface area contributed by atoms with E-state index in [0.29, 0.717) is 6.42 Å². The van der Waals surface area contributed by atoms with Crippen LogP contribution in [0.4, 0.5) is 0 Å². The van der Waals surface area contributed by atoms with E-state index >= 15 is 0 Å². The maximum Gasteiger partial charge on any atom is 0.307 e. The predicted molar refractivity (Wildman–Crippen MR) is 101 cm³/mol. The highest BCUT2D eigenvalue weighted by Gasteiger charge is 2.13. The van der Waals surface area contributed by atoms with E-state index in [1.54, 1.807) is 0 Å². The number of ether oxygens (including phenoxy) is 1. The average Bonchev–Trinajstić information content (AvgIpc) is 2.58. The van der Waals surface area contributed by atoms with Gasteiger partial charge in [0, 0.05) is 6.42 Å². The molecular weight excluding hydrogens is 318 g/mol. The fraction of sp³-hybridized carbons (Fsp3) is 0.950. The molecule has 0 saturated carbocycles. The molecule has 0 amide bonds. The largest absolute Gasteiger partial charge is 0.442 e. The molecule has 0 spiro atoms. The number of hydrogen-bond acceptors (Lipinski definition) is 5. The molecule has 1 atom stereocenters. The number of esters is 1. The van der Waals surface area contributed by atoms with Crippen LogP contribution in [0.25, 0.3) is 0 Å². The summed E-state index contributed by atoms with van der Waals surface area (Å²) in [6, 6.07) is 0. The molecule has 25 heavy (non-hydrogen) atoms. The maximum atomic E-state index is 11.4. The number of carbonyl (C=O) groups is 1. The van der Waals surface area contributed by atoms with Crippen molar-refractivity contribution in [2.75, 3.05) is 0 Å². The Morgan fingerprint density at radius 3 is 1.48 bits per heavy atom. The van der Waals surface area contributed by atoms with Crippen molar-refractivity contribution in [3.05, 3.63) is 0 Å². The molecule has 0 aliphatic heterocycles. The Morgan fingerprint density at radius 1 is 0.760 bits per heavy atom. The van der Waals surface area contributed by atoms with E-state index in [1.165, 1.54) is 84.0 Å². The molecule has 5 nitrogen and oxygen atoms in total. The Bertz CT molecular complexity index is 297. The highest BCUT2D eigenvalue weighted by atomic mass is 16.8. The number of carbonyl (C=O) groups excluding carboxylic acids is 1. The van der Waals surface area contributed by atoms with Gasteiger partial charge in [-0.05, 0) is 18.6 Å². The van der Waals surface area contributed by atoms with Gasteiger partial charge in [0.1, 0.15) is 0 Å². The third kappa shape index (κ3) is 18.0. The van der Waals surface area contributed by atoms with E-state index in [-0.39, 0.29) is 11.2 Å². The van der Waals surface area contributed by atoms with Crippen molar-refractivity contribution in [3.63, 3.8) is 0 Å². The molecule has 1 unspecified atom stereocenters. The summed E-state index contributed by atoms with van der Waals surface area (Å²) in [5.74, 6) is -0.379. The number of hydrogen-bond donors (Lipinski definition) is 2. The Kier molecular flexibility index (Phi) is 17.7. The molecular formula is C20H41NO4. The van der Waals surface area contributed by atoms with Crippen LogP contribution >= 0.6 is 0 Å². The molecule has 0 heterocycles. The predicted octanol–water partition coefficient (Wildman–Crippen LogP) is 6.22. The van der Waals surface area contributed by atoms with Gasteiger partial charge in [-0.1, -0.05) is 96.8 Å². The fourth-order valence-corrected chi connectivity index (χ4v) is 2.94. The van der Waals surface area contributed by atoms with E-state index < -0.39 is 6.23 Å². The molecule has 0 bridgehead atoms. The smallest absolute Gasteiger partial charge is 0.307 e. The summed E-state index contributed by atoms with van der Waals surface area (Å²) in [4.78, 5) is 11.4. The number of unbranched alkanes of at least 4 members (excludes halogenated alkanes) is 14. The van der Waals surface area contributed by atoms with E-state index in [2.05, 4.69) is 6.92 Å². The first-order valence-corrected chi connectivity index (χ1v) is 10.4. The molecule has 0 rings (SSSR count). The van der Waals surface area contributed by atoms with E-state index in [0.717, 1.165) is 19.3 Å². The van der Waals surface area contributed by atoms with Crippen molar-refractivity contribution in [2.24, 2.45) is 0 Å². The summed E-state index contributed by atoms with van der Waals surface area (Å²) in [6.45, 7) is 3.67. The molecule has 150 valence electrons. The van der Waals surface area contributed by atoms with Crippen LogP contribution in [0.3, 0.4) is 0 Å². The minimum absolute atomic E-state index is 0.0929. The van der Waals surface area contributed by atoms with Gasteiger partial charge in [0.15, 0.2) is 6.23 Å². The van der Waals surface area contributed by atoms with Crippen LogP contribution in [0.2, 0.25) is 0 Å². The Morgan fingerprint density at radius 2 is 1.12 bits per heavy atom. The lowest BCUT2D eigenvalue weighted by atomic mass is 10.0. The van der Waals surface area contributed by atoms with Crippen molar-refractivity contribution >= 4 is 5.97 Å². The summed E-state index contributed by atoms with van der Waals surface area (Å²) in [5.41, 5.74) is 0. The monoisotopic (exact) mass is 359 g/mol. The fourth-order valence-electron chi connectivity index (χ4n) is 2.94. The van der Waals surface area contributed by atoms with Gasteiger partial charge in [-0.3, -0.25) is 15.2 Å². The summed E-state index contributed by atoms with van der Waals surface area (Å²) in [7, 11) is 0. The summed E-state index contributed by atoms with van der Waals surface area (Å²) in [5, 5.41) is 17.3. The summed E-state index contributed by atoms with van der Waals surface area (Å²) < 4.78 is 4.82. The zero-order valence-electron chi connectivity index (χ0n) is 16.5. The highest BCUT2D eigenvalue weighted by molar-refractivity contribution is 5.69. The van der Waals surface area contributed by atoms with Gasteiger partial charge >= 0.3 is 5.97 Å². The minimum Gasteiger partial charge on any atom is -0.442 e. The number of rotatable bonds is 18. The second-order valence-electron chi connectivity index (χ2n) is 7.11. The molecule has 0 saturated heterocycles. The second kappa shape index (κ2) is 18.2. The lowest BCUT2D eigenvalue weighted by molar-refractivity contribution is -0.366. The average molecular weight is 360 g/mol. The van der Waals surface area contributed by atoms with Gasteiger partial charge in [-0.2, -0.15) is 0 Å². The zero-order chi connectivity index (χ0) is 18.8. The molecule has 2 N–H and O–H groups in total. The van der Waals surface area contributed by atoms with E-state index in [1.807, 2.05) is 0 Å². The van der Waals surface area contributed by atoms with Crippen LogP contribution in [0, 0.1) is 0 Å². The lowest BCUT2D eigenvalue weighted by Crippen LogP contribution is -2.30. The summed E-state index contributed by atoms with van der Waals surface area (Å²) >= 11 is 0. The van der Waals surface area contributed by atoms with Crippen LogP contribution in [0.15, 0.2) is 0 Å². The normalized spacial score (nSPS) is 12.5. The molecule has 5 heteroatoms. The molecule has 0 radical (unpaired) electrons. The molecule has 0 aromatic carbocycles. The van der Waals surface area contributed by atoms with Crippen LogP contribution in [0.1, 0.15) is 117 Å². The van der Waals surface area contributed by atoms with Crippen LogP contribution < -0.4 is 0 Å². The molecule has 0 aliphatic carbocycles. The second-order valence-corrected chi connectivity index (χ2v) is 7.11. The molecule has 0 aliphatic rings. The zero-order valence-corrected chi connectivity index (χ0v) is 16.5. The first-order chi connectivity index (χ1) is 12.1. The Hall–Kier alpha value is -0.650. The standard InChI is InChI=1S/C20H41NO4/c1-3-4-5-6-7-8-9-10-11-12-13-14-15-16-17-18-20(22)25-19(2)21(23)24/h19,23-24H,3-18H2,1-2H3. The van der Waals surface area contributed by atoms with E-state index in [9.17, 15) is 4.79 Å². The maximum absolute atomic E-state index is 11.4. The summed E-state index contributed by atoms with van der Waals surface area (Å²) in [6.07, 6.45) is 18.7. The van der Waals surface area contributed by atoms with E-state index in [4.69, 9.17) is 15.2 Å². The third-order valence-corrected chi connectivity index (χ3v) is 4.61. The van der Waals surface area contributed by atoms with Crippen LogP contribution in [-0.4, -0.2) is 27.8 Å². The topological polar surface area (TPSA) is 70.0 Å². The Balaban J connectivity index is 3.17. The first kappa shape index (κ1) is 24.4.